The maximum Gasteiger partial charge on any atom is 0.320 e. The summed E-state index contributed by atoms with van der Waals surface area (Å²) in [6, 6.07) is 0.910. The first-order valence-corrected chi connectivity index (χ1v) is 8.31. The molecule has 108 valence electrons. The highest BCUT2D eigenvalue weighted by Crippen LogP contribution is 2.36. The van der Waals surface area contributed by atoms with Crippen molar-refractivity contribution in [3.63, 3.8) is 0 Å². The Morgan fingerprint density at radius 2 is 1.68 bits per heavy atom. The largest absolute Gasteiger partial charge is 0.324 e. The average Bonchev–Trinajstić information content (AvgIpc) is 3.08. The molecule has 2 heterocycles. The number of likely N-dealkylation sites (tertiary alicyclic amines) is 2. The lowest BCUT2D eigenvalue weighted by Gasteiger charge is -2.37. The second kappa shape index (κ2) is 5.72. The number of amides is 2. The zero-order valence-electron chi connectivity index (χ0n) is 12.3. The first kappa shape index (κ1) is 13.3. The second-order valence-electron chi connectivity index (χ2n) is 6.92. The summed E-state index contributed by atoms with van der Waals surface area (Å²) in [7, 11) is 0. The van der Waals surface area contributed by atoms with E-state index in [-0.39, 0.29) is 0 Å². The van der Waals surface area contributed by atoms with Crippen molar-refractivity contribution < 1.29 is 4.79 Å². The summed E-state index contributed by atoms with van der Waals surface area (Å²) in [5.74, 6) is 1.49. The summed E-state index contributed by atoms with van der Waals surface area (Å²) in [5, 5.41) is 0. The summed E-state index contributed by atoms with van der Waals surface area (Å²) in [6.07, 6.45) is 10.4. The average molecular weight is 264 g/mol. The number of piperidine rings is 1. The van der Waals surface area contributed by atoms with Crippen LogP contribution in [0.4, 0.5) is 4.79 Å². The number of carbonyl (C=O) groups is 1. The van der Waals surface area contributed by atoms with Gasteiger partial charge in [-0.3, -0.25) is 0 Å². The van der Waals surface area contributed by atoms with Crippen LogP contribution in [-0.2, 0) is 0 Å². The molecule has 0 bridgehead atoms. The van der Waals surface area contributed by atoms with Gasteiger partial charge in [0.2, 0.25) is 0 Å². The van der Waals surface area contributed by atoms with E-state index in [1.807, 2.05) is 0 Å². The third-order valence-electron chi connectivity index (χ3n) is 5.42. The summed E-state index contributed by atoms with van der Waals surface area (Å²) in [5.41, 5.74) is 0. The number of carbonyl (C=O) groups excluding carboxylic acids is 1. The molecule has 0 aromatic heterocycles. The molecule has 3 heteroatoms. The lowest BCUT2D eigenvalue weighted by Crippen LogP contribution is -2.50. The number of hydrogen-bond acceptors (Lipinski definition) is 1. The van der Waals surface area contributed by atoms with Crippen LogP contribution >= 0.6 is 0 Å². The van der Waals surface area contributed by atoms with Crippen LogP contribution in [-0.4, -0.2) is 41.5 Å². The van der Waals surface area contributed by atoms with E-state index in [1.54, 1.807) is 0 Å². The van der Waals surface area contributed by atoms with Gasteiger partial charge in [0.25, 0.3) is 0 Å². The van der Waals surface area contributed by atoms with E-state index in [2.05, 4.69) is 16.7 Å². The number of urea groups is 1. The van der Waals surface area contributed by atoms with Crippen LogP contribution in [0.1, 0.15) is 58.3 Å². The number of hydrogen-bond donors (Lipinski definition) is 0. The molecule has 1 saturated carbocycles. The van der Waals surface area contributed by atoms with Crippen molar-refractivity contribution in [3.05, 3.63) is 0 Å². The molecule has 0 spiro atoms. The van der Waals surface area contributed by atoms with E-state index >= 15 is 0 Å². The lowest BCUT2D eigenvalue weighted by molar-refractivity contribution is 0.115. The molecule has 19 heavy (non-hydrogen) atoms. The Morgan fingerprint density at radius 1 is 0.947 bits per heavy atom. The molecule has 1 aliphatic carbocycles. The van der Waals surface area contributed by atoms with Gasteiger partial charge >= 0.3 is 6.03 Å². The zero-order valence-corrected chi connectivity index (χ0v) is 12.3. The van der Waals surface area contributed by atoms with E-state index in [0.29, 0.717) is 18.0 Å². The van der Waals surface area contributed by atoms with Crippen molar-refractivity contribution in [2.75, 3.05) is 19.6 Å². The second-order valence-corrected chi connectivity index (χ2v) is 6.92. The fourth-order valence-corrected chi connectivity index (χ4v) is 4.41. The van der Waals surface area contributed by atoms with E-state index in [4.69, 9.17) is 0 Å². The molecule has 0 N–H and O–H groups in total. The van der Waals surface area contributed by atoms with Gasteiger partial charge in [0.15, 0.2) is 0 Å². The molecule has 2 atom stereocenters. The van der Waals surface area contributed by atoms with E-state index in [9.17, 15) is 4.79 Å². The maximum atomic E-state index is 12.8. The highest BCUT2D eigenvalue weighted by Gasteiger charge is 2.38. The molecule has 2 unspecified atom stereocenters. The molecule has 3 nitrogen and oxygen atoms in total. The molecule has 0 radical (unpaired) electrons. The third kappa shape index (κ3) is 2.75. The minimum atomic E-state index is 0.348. The Balaban J connectivity index is 1.64. The van der Waals surface area contributed by atoms with Gasteiger partial charge in [-0.25, -0.2) is 4.79 Å². The highest BCUT2D eigenvalue weighted by molar-refractivity contribution is 5.75. The van der Waals surface area contributed by atoms with E-state index in [1.165, 1.54) is 51.4 Å². The summed E-state index contributed by atoms with van der Waals surface area (Å²) in [4.78, 5) is 17.1. The van der Waals surface area contributed by atoms with E-state index < -0.39 is 0 Å². The topological polar surface area (TPSA) is 23.6 Å². The quantitative estimate of drug-likeness (QED) is 0.711. The monoisotopic (exact) mass is 264 g/mol. The van der Waals surface area contributed by atoms with Crippen molar-refractivity contribution in [1.82, 2.24) is 9.80 Å². The van der Waals surface area contributed by atoms with Crippen molar-refractivity contribution in [2.24, 2.45) is 11.8 Å². The summed E-state index contributed by atoms with van der Waals surface area (Å²) < 4.78 is 0. The van der Waals surface area contributed by atoms with Crippen molar-refractivity contribution in [3.8, 4) is 0 Å². The molecular formula is C16H28N2O. The highest BCUT2D eigenvalue weighted by atomic mass is 16.2. The number of rotatable bonds is 1. The minimum Gasteiger partial charge on any atom is -0.324 e. The van der Waals surface area contributed by atoms with Gasteiger partial charge in [0, 0.05) is 25.7 Å². The summed E-state index contributed by atoms with van der Waals surface area (Å²) in [6.45, 7) is 5.24. The predicted molar refractivity (Wildman–Crippen MR) is 77.1 cm³/mol. The van der Waals surface area contributed by atoms with Gasteiger partial charge in [-0.15, -0.1) is 0 Å². The van der Waals surface area contributed by atoms with Crippen LogP contribution in [0.15, 0.2) is 0 Å². The molecule has 3 fully saturated rings. The van der Waals surface area contributed by atoms with Crippen LogP contribution in [0.3, 0.4) is 0 Å². The zero-order chi connectivity index (χ0) is 13.2. The molecule has 2 aliphatic heterocycles. The van der Waals surface area contributed by atoms with Crippen LogP contribution in [0.2, 0.25) is 0 Å². The molecule has 0 aromatic carbocycles. The lowest BCUT2D eigenvalue weighted by atomic mass is 9.96. The molecule has 0 aromatic rings. The normalized spacial score (nSPS) is 33.1. The maximum absolute atomic E-state index is 12.8. The molecule has 2 amide bonds. The molecule has 2 saturated heterocycles. The fourth-order valence-electron chi connectivity index (χ4n) is 4.41. The van der Waals surface area contributed by atoms with Gasteiger partial charge in [-0.05, 0) is 50.4 Å². The van der Waals surface area contributed by atoms with Crippen LogP contribution in [0, 0.1) is 11.8 Å². The van der Waals surface area contributed by atoms with Gasteiger partial charge < -0.3 is 9.80 Å². The Kier molecular flexibility index (Phi) is 3.99. The smallest absolute Gasteiger partial charge is 0.320 e. The Bertz CT molecular complexity index is 325. The fraction of sp³-hybridized carbons (Fsp3) is 0.938. The van der Waals surface area contributed by atoms with Gasteiger partial charge in [-0.2, -0.15) is 0 Å². The van der Waals surface area contributed by atoms with Crippen LogP contribution in [0.5, 0.6) is 0 Å². The molecule has 3 aliphatic rings. The van der Waals surface area contributed by atoms with Gasteiger partial charge in [0.1, 0.15) is 0 Å². The Morgan fingerprint density at radius 3 is 2.42 bits per heavy atom. The minimum absolute atomic E-state index is 0.348. The van der Waals surface area contributed by atoms with Crippen LogP contribution < -0.4 is 0 Å². The first-order valence-electron chi connectivity index (χ1n) is 8.31. The SMILES string of the molecule is CC1CCCN(C(=O)N2CCCC2C2CCCC2)C1. The van der Waals surface area contributed by atoms with E-state index in [0.717, 1.165) is 25.6 Å². The molecule has 3 rings (SSSR count). The Labute approximate surface area is 117 Å². The first-order chi connectivity index (χ1) is 9.25. The predicted octanol–water partition coefficient (Wildman–Crippen LogP) is 3.49. The van der Waals surface area contributed by atoms with Crippen molar-refractivity contribution >= 4 is 6.03 Å². The standard InChI is InChI=1S/C16H28N2O/c1-13-6-4-10-17(12-13)16(19)18-11-5-9-15(18)14-7-2-3-8-14/h13-15H,2-12H2,1H3. The Hall–Kier alpha value is -0.730. The van der Waals surface area contributed by atoms with Crippen molar-refractivity contribution in [2.45, 2.75) is 64.3 Å². The van der Waals surface area contributed by atoms with Gasteiger partial charge in [0.05, 0.1) is 0 Å². The summed E-state index contributed by atoms with van der Waals surface area (Å²) >= 11 is 0. The molecular weight excluding hydrogens is 236 g/mol. The van der Waals surface area contributed by atoms with Crippen molar-refractivity contribution in [1.29, 1.82) is 0 Å². The third-order valence-corrected chi connectivity index (χ3v) is 5.42. The van der Waals surface area contributed by atoms with Gasteiger partial charge in [-0.1, -0.05) is 19.8 Å². The van der Waals surface area contributed by atoms with Crippen LogP contribution in [0.25, 0.3) is 0 Å². The number of nitrogens with zero attached hydrogens (tertiary/aromatic N) is 2.